The van der Waals surface area contributed by atoms with Crippen molar-refractivity contribution in [2.45, 2.75) is 58.5 Å². The summed E-state index contributed by atoms with van der Waals surface area (Å²) in [6, 6.07) is 7.97. The summed E-state index contributed by atoms with van der Waals surface area (Å²) in [6.07, 6.45) is 0. The van der Waals surface area contributed by atoms with Gasteiger partial charge >= 0.3 is 0 Å². The Labute approximate surface area is 287 Å². The molecule has 1 fully saturated rings. The molecule has 21 heteroatoms. The number of non-ortho nitro benzene ring substituents is 3. The van der Waals surface area contributed by atoms with Gasteiger partial charge < -0.3 is 16.0 Å². The fourth-order valence-corrected chi connectivity index (χ4v) is 6.92. The van der Waals surface area contributed by atoms with E-state index in [1.165, 1.54) is 0 Å². The standard InChI is InChI=1S/C30H33N9O12/c1-16-28(31-13-19-10-22(34(40)41)4-7-25(19)37(46)47)17(2)30(33-15-21-12-24(36(44)45)6-9-27(21)39(50)51)18(3)29(16)32-14-20-11-23(35(42)43)5-8-26(20)38(48)49/h4-12,16-18,28-33H,13-15H2,1-3H3. The topological polar surface area (TPSA) is 295 Å². The zero-order chi connectivity index (χ0) is 37.7. The maximum atomic E-state index is 11.8. The predicted molar refractivity (Wildman–Crippen MR) is 179 cm³/mol. The molecule has 1 saturated carbocycles. The molecule has 0 unspecified atom stereocenters. The minimum atomic E-state index is -0.680. The van der Waals surface area contributed by atoms with Crippen molar-refractivity contribution < 1.29 is 29.5 Å². The Hall–Kier alpha value is -6.06. The molecular formula is C30H33N9O12. The highest BCUT2D eigenvalue weighted by Crippen LogP contribution is 2.37. The second-order valence-corrected chi connectivity index (χ2v) is 12.3. The van der Waals surface area contributed by atoms with Crippen molar-refractivity contribution in [1.82, 2.24) is 16.0 Å². The van der Waals surface area contributed by atoms with E-state index in [9.17, 15) is 60.7 Å². The second-order valence-electron chi connectivity index (χ2n) is 12.3. The summed E-state index contributed by atoms with van der Waals surface area (Å²) in [5.74, 6) is -1.01. The van der Waals surface area contributed by atoms with E-state index in [0.29, 0.717) is 0 Å². The molecule has 0 saturated heterocycles. The number of hydrogen-bond acceptors (Lipinski definition) is 15. The molecule has 3 aromatic carbocycles. The minimum Gasteiger partial charge on any atom is -0.309 e. The van der Waals surface area contributed by atoms with Crippen LogP contribution in [-0.4, -0.2) is 47.7 Å². The molecule has 1 aliphatic rings. The van der Waals surface area contributed by atoms with Gasteiger partial charge in [0.25, 0.3) is 34.1 Å². The third-order valence-electron chi connectivity index (χ3n) is 9.40. The van der Waals surface area contributed by atoms with E-state index in [2.05, 4.69) is 16.0 Å². The van der Waals surface area contributed by atoms with E-state index in [-0.39, 0.29) is 88.2 Å². The lowest BCUT2D eigenvalue weighted by molar-refractivity contribution is -0.389. The first-order valence-electron chi connectivity index (χ1n) is 15.5. The molecule has 3 aromatic rings. The summed E-state index contributed by atoms with van der Waals surface area (Å²) < 4.78 is 0. The van der Waals surface area contributed by atoms with E-state index >= 15 is 0 Å². The summed E-state index contributed by atoms with van der Waals surface area (Å²) in [5.41, 5.74) is -1.98. The summed E-state index contributed by atoms with van der Waals surface area (Å²) >= 11 is 0. The number of nitro groups is 6. The fourth-order valence-electron chi connectivity index (χ4n) is 6.92. The van der Waals surface area contributed by atoms with Gasteiger partial charge in [-0.1, -0.05) is 20.8 Å². The van der Waals surface area contributed by atoms with Gasteiger partial charge in [0.05, 0.1) is 46.2 Å². The van der Waals surface area contributed by atoms with Gasteiger partial charge in [0.15, 0.2) is 0 Å². The van der Waals surface area contributed by atoms with Crippen LogP contribution >= 0.6 is 0 Å². The molecule has 0 aromatic heterocycles. The lowest BCUT2D eigenvalue weighted by Crippen LogP contribution is -2.64. The first-order valence-corrected chi connectivity index (χ1v) is 15.5. The Morgan fingerprint density at radius 2 is 0.667 bits per heavy atom. The molecule has 0 heterocycles. The molecule has 0 aliphatic heterocycles. The number of nitrogens with one attached hydrogen (secondary N) is 3. The van der Waals surface area contributed by atoms with Gasteiger partial charge in [-0.15, -0.1) is 0 Å². The Morgan fingerprint density at radius 1 is 0.431 bits per heavy atom. The van der Waals surface area contributed by atoms with Gasteiger partial charge in [0.1, 0.15) is 0 Å². The zero-order valence-corrected chi connectivity index (χ0v) is 27.4. The lowest BCUT2D eigenvalue weighted by Gasteiger charge is -2.50. The number of benzene rings is 3. The summed E-state index contributed by atoms with van der Waals surface area (Å²) in [7, 11) is 0. The van der Waals surface area contributed by atoms with Crippen LogP contribution in [0.3, 0.4) is 0 Å². The third kappa shape index (κ3) is 8.40. The van der Waals surface area contributed by atoms with Crippen LogP contribution in [0.15, 0.2) is 54.6 Å². The Bertz CT molecular complexity index is 1670. The van der Waals surface area contributed by atoms with Crippen molar-refractivity contribution in [3.63, 3.8) is 0 Å². The molecule has 0 bridgehead atoms. The van der Waals surface area contributed by atoms with Crippen molar-refractivity contribution in [3.05, 3.63) is 132 Å². The van der Waals surface area contributed by atoms with Crippen LogP contribution in [0, 0.1) is 78.4 Å². The Balaban J connectivity index is 1.70. The lowest BCUT2D eigenvalue weighted by atomic mass is 9.67. The van der Waals surface area contributed by atoms with Gasteiger partial charge in [-0.3, -0.25) is 60.7 Å². The van der Waals surface area contributed by atoms with Crippen LogP contribution in [0.2, 0.25) is 0 Å². The number of nitro benzene ring substituents is 6. The number of hydrogen-bond donors (Lipinski definition) is 3. The summed E-state index contributed by atoms with van der Waals surface area (Å²) in [5, 5.41) is 79.4. The minimum absolute atomic E-state index is 0.0423. The largest absolute Gasteiger partial charge is 0.309 e. The molecule has 3 N–H and O–H groups in total. The van der Waals surface area contributed by atoms with Gasteiger partial charge in [-0.05, 0) is 17.8 Å². The second kappa shape index (κ2) is 15.7. The summed E-state index contributed by atoms with van der Waals surface area (Å²) in [4.78, 5) is 65.5. The number of nitrogens with zero attached hydrogens (tertiary/aromatic N) is 6. The van der Waals surface area contributed by atoms with E-state index in [1.54, 1.807) is 0 Å². The molecule has 0 amide bonds. The van der Waals surface area contributed by atoms with Crippen LogP contribution < -0.4 is 16.0 Å². The van der Waals surface area contributed by atoms with Gasteiger partial charge in [-0.2, -0.15) is 0 Å². The van der Waals surface area contributed by atoms with Crippen LogP contribution in [0.4, 0.5) is 34.1 Å². The van der Waals surface area contributed by atoms with Crippen molar-refractivity contribution in [2.24, 2.45) is 17.8 Å². The summed E-state index contributed by atoms with van der Waals surface area (Å²) in [6.45, 7) is 5.06. The molecule has 4 rings (SSSR count). The molecular weight excluding hydrogens is 678 g/mol. The first kappa shape index (κ1) is 37.8. The molecule has 270 valence electrons. The maximum absolute atomic E-state index is 11.8. The van der Waals surface area contributed by atoms with Gasteiger partial charge in [-0.25, -0.2) is 0 Å². The van der Waals surface area contributed by atoms with E-state index in [1.807, 2.05) is 20.8 Å². The highest BCUT2D eigenvalue weighted by Gasteiger charge is 2.45. The SMILES string of the molecule is CC1C(NCc2cc([N+](=O)[O-])ccc2[N+](=O)[O-])C(C)C(NCc2cc([N+](=O)[O-])ccc2[N+](=O)[O-])C(C)C1NCc1cc([N+](=O)[O-])ccc1[N+](=O)[O-]. The van der Waals surface area contributed by atoms with Crippen LogP contribution in [0.1, 0.15) is 37.5 Å². The molecule has 21 nitrogen and oxygen atoms in total. The number of rotatable bonds is 15. The Morgan fingerprint density at radius 3 is 0.863 bits per heavy atom. The van der Waals surface area contributed by atoms with Crippen molar-refractivity contribution >= 4 is 34.1 Å². The average Bonchev–Trinajstić information content (AvgIpc) is 3.07. The van der Waals surface area contributed by atoms with E-state index < -0.39 is 47.7 Å². The van der Waals surface area contributed by atoms with Crippen molar-refractivity contribution in [3.8, 4) is 0 Å². The Kier molecular flexibility index (Phi) is 11.6. The van der Waals surface area contributed by atoms with Crippen LogP contribution in [0.5, 0.6) is 0 Å². The highest BCUT2D eigenvalue weighted by molar-refractivity contribution is 5.50. The first-order chi connectivity index (χ1) is 24.0. The molecule has 51 heavy (non-hydrogen) atoms. The molecule has 0 spiro atoms. The van der Waals surface area contributed by atoms with E-state index in [4.69, 9.17) is 0 Å². The third-order valence-corrected chi connectivity index (χ3v) is 9.40. The quantitative estimate of drug-likeness (QED) is 0.140. The van der Waals surface area contributed by atoms with Crippen molar-refractivity contribution in [1.29, 1.82) is 0 Å². The molecule has 0 atom stereocenters. The highest BCUT2D eigenvalue weighted by atomic mass is 16.6. The molecule has 1 aliphatic carbocycles. The zero-order valence-electron chi connectivity index (χ0n) is 27.4. The fraction of sp³-hybridized carbons (Fsp3) is 0.400. The van der Waals surface area contributed by atoms with Gasteiger partial charge in [0.2, 0.25) is 0 Å². The molecule has 0 radical (unpaired) electrons. The monoisotopic (exact) mass is 711 g/mol. The average molecular weight is 712 g/mol. The van der Waals surface area contributed by atoms with Gasteiger partial charge in [0, 0.05) is 92.4 Å². The van der Waals surface area contributed by atoms with E-state index in [0.717, 1.165) is 54.6 Å². The smallest absolute Gasteiger partial charge is 0.274 e. The van der Waals surface area contributed by atoms with Crippen molar-refractivity contribution in [2.75, 3.05) is 0 Å². The maximum Gasteiger partial charge on any atom is 0.274 e. The van der Waals surface area contributed by atoms with Crippen LogP contribution in [0.25, 0.3) is 0 Å². The van der Waals surface area contributed by atoms with Crippen LogP contribution in [-0.2, 0) is 19.6 Å². The predicted octanol–water partition coefficient (Wildman–Crippen LogP) is 4.83. The normalized spacial score (nSPS) is 21.5.